The van der Waals surface area contributed by atoms with Crippen LogP contribution >= 0.6 is 0 Å². The average molecular weight is 349 g/mol. The third kappa shape index (κ3) is 4.10. The van der Waals surface area contributed by atoms with E-state index in [1.54, 1.807) is 44.7 Å². The number of para-hydroxylation sites is 1. The minimum atomic E-state index is -0.263. The summed E-state index contributed by atoms with van der Waals surface area (Å²) in [5.74, 6) is 0.880. The molecule has 0 aliphatic heterocycles. The number of anilines is 3. The first kappa shape index (κ1) is 17.3. The highest BCUT2D eigenvalue weighted by Crippen LogP contribution is 2.30. The molecule has 0 saturated heterocycles. The first-order valence-electron chi connectivity index (χ1n) is 8.00. The van der Waals surface area contributed by atoms with Crippen LogP contribution in [-0.2, 0) is 0 Å². The van der Waals surface area contributed by atoms with Crippen LogP contribution in [0.3, 0.4) is 0 Å². The van der Waals surface area contributed by atoms with Gasteiger partial charge < -0.3 is 20.1 Å². The maximum Gasteiger partial charge on any atom is 0.257 e. The minimum absolute atomic E-state index is 0.263. The molecule has 1 heterocycles. The Kier molecular flexibility index (Phi) is 5.34. The van der Waals surface area contributed by atoms with Crippen LogP contribution in [0, 0.1) is 0 Å². The van der Waals surface area contributed by atoms with Crippen LogP contribution in [0.1, 0.15) is 10.4 Å². The van der Waals surface area contributed by atoms with E-state index in [1.165, 1.54) is 6.20 Å². The molecule has 6 heteroatoms. The number of rotatable bonds is 6. The normalized spacial score (nSPS) is 10.1. The number of aromatic nitrogens is 1. The molecule has 132 valence electrons. The maximum absolute atomic E-state index is 12.5. The fourth-order valence-corrected chi connectivity index (χ4v) is 2.44. The van der Waals surface area contributed by atoms with Crippen molar-refractivity contribution in [2.24, 2.45) is 0 Å². The van der Waals surface area contributed by atoms with Crippen molar-refractivity contribution >= 4 is 23.0 Å². The van der Waals surface area contributed by atoms with Gasteiger partial charge in [0.05, 0.1) is 31.7 Å². The highest BCUT2D eigenvalue weighted by atomic mass is 16.5. The van der Waals surface area contributed by atoms with Gasteiger partial charge in [0.2, 0.25) is 0 Å². The lowest BCUT2D eigenvalue weighted by Crippen LogP contribution is -2.12. The highest BCUT2D eigenvalue weighted by molar-refractivity contribution is 6.04. The Morgan fingerprint density at radius 3 is 2.35 bits per heavy atom. The predicted molar refractivity (Wildman–Crippen MR) is 101 cm³/mol. The van der Waals surface area contributed by atoms with Crippen LogP contribution in [0.4, 0.5) is 17.1 Å². The number of nitrogens with zero attached hydrogens (tertiary/aromatic N) is 1. The number of pyridine rings is 1. The van der Waals surface area contributed by atoms with E-state index < -0.39 is 0 Å². The molecule has 0 atom stereocenters. The van der Waals surface area contributed by atoms with Crippen molar-refractivity contribution in [1.29, 1.82) is 0 Å². The Balaban J connectivity index is 1.75. The van der Waals surface area contributed by atoms with Crippen molar-refractivity contribution in [2.45, 2.75) is 0 Å². The third-order valence-corrected chi connectivity index (χ3v) is 3.70. The number of amides is 1. The number of carbonyl (C=O) groups is 1. The molecular formula is C20H19N3O3. The number of ether oxygens (including phenoxy) is 2. The van der Waals surface area contributed by atoms with Gasteiger partial charge in [-0.1, -0.05) is 18.2 Å². The summed E-state index contributed by atoms with van der Waals surface area (Å²) in [6, 6.07) is 16.6. The van der Waals surface area contributed by atoms with Gasteiger partial charge >= 0.3 is 0 Å². The fraction of sp³-hybridized carbons (Fsp3) is 0.100. The zero-order valence-corrected chi connectivity index (χ0v) is 14.5. The maximum atomic E-state index is 12.5. The Hall–Kier alpha value is -3.54. The van der Waals surface area contributed by atoms with E-state index in [4.69, 9.17) is 9.47 Å². The summed E-state index contributed by atoms with van der Waals surface area (Å²) in [6.45, 7) is 0. The summed E-state index contributed by atoms with van der Waals surface area (Å²) >= 11 is 0. The molecule has 3 aromatic rings. The summed E-state index contributed by atoms with van der Waals surface area (Å²) < 4.78 is 10.4. The molecule has 0 aliphatic carbocycles. The van der Waals surface area contributed by atoms with E-state index in [9.17, 15) is 4.79 Å². The molecule has 0 bridgehead atoms. The van der Waals surface area contributed by atoms with E-state index in [2.05, 4.69) is 15.6 Å². The van der Waals surface area contributed by atoms with E-state index in [0.717, 1.165) is 11.4 Å². The lowest BCUT2D eigenvalue weighted by Gasteiger charge is -2.11. The van der Waals surface area contributed by atoms with Gasteiger partial charge in [-0.25, -0.2) is 0 Å². The molecule has 26 heavy (non-hydrogen) atoms. The smallest absolute Gasteiger partial charge is 0.257 e. The summed E-state index contributed by atoms with van der Waals surface area (Å²) in [7, 11) is 3.11. The quantitative estimate of drug-likeness (QED) is 0.701. The Morgan fingerprint density at radius 1 is 0.846 bits per heavy atom. The number of methoxy groups -OCH3 is 2. The van der Waals surface area contributed by atoms with E-state index in [0.29, 0.717) is 22.7 Å². The van der Waals surface area contributed by atoms with Gasteiger partial charge in [-0.15, -0.1) is 0 Å². The topological polar surface area (TPSA) is 72.5 Å². The summed E-state index contributed by atoms with van der Waals surface area (Å²) in [5.41, 5.74) is 2.71. The standard InChI is InChI=1S/C20H19N3O3/c1-25-18-9-8-16(11-19(18)26-2)23-20(24)14-10-17(13-21-12-14)22-15-6-4-3-5-7-15/h3-13,22H,1-2H3,(H,23,24). The summed E-state index contributed by atoms with van der Waals surface area (Å²) in [4.78, 5) is 16.7. The average Bonchev–Trinajstić information content (AvgIpc) is 2.69. The second kappa shape index (κ2) is 8.02. The summed E-state index contributed by atoms with van der Waals surface area (Å²) in [6.07, 6.45) is 3.19. The molecule has 1 aromatic heterocycles. The molecule has 3 rings (SSSR count). The minimum Gasteiger partial charge on any atom is -0.493 e. The Morgan fingerprint density at radius 2 is 1.62 bits per heavy atom. The number of hydrogen-bond acceptors (Lipinski definition) is 5. The van der Waals surface area contributed by atoms with Crippen LogP contribution in [0.15, 0.2) is 67.0 Å². The monoisotopic (exact) mass is 349 g/mol. The predicted octanol–water partition coefficient (Wildman–Crippen LogP) is 4.09. The first-order chi connectivity index (χ1) is 12.7. The van der Waals surface area contributed by atoms with Crippen LogP contribution < -0.4 is 20.1 Å². The van der Waals surface area contributed by atoms with Crippen LogP contribution in [-0.4, -0.2) is 25.1 Å². The van der Waals surface area contributed by atoms with Gasteiger partial charge in [0, 0.05) is 23.6 Å². The lowest BCUT2D eigenvalue weighted by molar-refractivity contribution is 0.102. The van der Waals surface area contributed by atoms with E-state index in [-0.39, 0.29) is 5.91 Å². The molecule has 2 aromatic carbocycles. The second-order valence-electron chi connectivity index (χ2n) is 5.48. The van der Waals surface area contributed by atoms with E-state index in [1.807, 2.05) is 30.3 Å². The molecule has 0 radical (unpaired) electrons. The number of nitrogens with one attached hydrogen (secondary N) is 2. The lowest BCUT2D eigenvalue weighted by atomic mass is 10.2. The highest BCUT2D eigenvalue weighted by Gasteiger charge is 2.10. The van der Waals surface area contributed by atoms with Gasteiger partial charge in [0.1, 0.15) is 0 Å². The Labute approximate surface area is 151 Å². The van der Waals surface area contributed by atoms with Crippen LogP contribution in [0.5, 0.6) is 11.5 Å². The van der Waals surface area contributed by atoms with Crippen molar-refractivity contribution in [3.05, 3.63) is 72.6 Å². The third-order valence-electron chi connectivity index (χ3n) is 3.70. The van der Waals surface area contributed by atoms with E-state index >= 15 is 0 Å². The molecule has 0 spiro atoms. The zero-order chi connectivity index (χ0) is 18.4. The molecule has 0 unspecified atom stereocenters. The van der Waals surface area contributed by atoms with Crippen LogP contribution in [0.25, 0.3) is 0 Å². The largest absolute Gasteiger partial charge is 0.493 e. The number of benzene rings is 2. The fourth-order valence-electron chi connectivity index (χ4n) is 2.44. The van der Waals surface area contributed by atoms with Gasteiger partial charge in [-0.05, 0) is 30.3 Å². The molecule has 6 nitrogen and oxygen atoms in total. The van der Waals surface area contributed by atoms with Gasteiger partial charge in [0.25, 0.3) is 5.91 Å². The zero-order valence-electron chi connectivity index (χ0n) is 14.5. The van der Waals surface area contributed by atoms with Crippen molar-refractivity contribution in [3.63, 3.8) is 0 Å². The molecule has 0 saturated carbocycles. The van der Waals surface area contributed by atoms with Gasteiger partial charge in [-0.2, -0.15) is 0 Å². The Bertz CT molecular complexity index is 898. The molecule has 2 N–H and O–H groups in total. The van der Waals surface area contributed by atoms with Crippen molar-refractivity contribution in [3.8, 4) is 11.5 Å². The van der Waals surface area contributed by atoms with Crippen LogP contribution in [0.2, 0.25) is 0 Å². The van der Waals surface area contributed by atoms with Crippen molar-refractivity contribution in [2.75, 3.05) is 24.9 Å². The number of carbonyl (C=O) groups excluding carboxylic acids is 1. The summed E-state index contributed by atoms with van der Waals surface area (Å²) in [5, 5.41) is 6.05. The molecule has 0 aliphatic rings. The molecule has 0 fully saturated rings. The number of hydrogen-bond donors (Lipinski definition) is 2. The van der Waals surface area contributed by atoms with Crippen molar-refractivity contribution in [1.82, 2.24) is 4.98 Å². The molecule has 1 amide bonds. The molecular weight excluding hydrogens is 330 g/mol. The van der Waals surface area contributed by atoms with Crippen molar-refractivity contribution < 1.29 is 14.3 Å². The first-order valence-corrected chi connectivity index (χ1v) is 8.00. The second-order valence-corrected chi connectivity index (χ2v) is 5.48. The van der Waals surface area contributed by atoms with Gasteiger partial charge in [0.15, 0.2) is 11.5 Å². The van der Waals surface area contributed by atoms with Gasteiger partial charge in [-0.3, -0.25) is 9.78 Å². The SMILES string of the molecule is COc1ccc(NC(=O)c2cncc(Nc3ccccc3)c2)cc1OC.